The van der Waals surface area contributed by atoms with Gasteiger partial charge in [-0.2, -0.15) is 0 Å². The van der Waals surface area contributed by atoms with E-state index in [0.29, 0.717) is 16.1 Å². The van der Waals surface area contributed by atoms with Crippen LogP contribution >= 0.6 is 11.8 Å². The topological polar surface area (TPSA) is 78.0 Å². The number of hydrogen-bond acceptors (Lipinski definition) is 4. The third-order valence-corrected chi connectivity index (χ3v) is 5.10. The zero-order valence-corrected chi connectivity index (χ0v) is 15.1. The molecule has 3 rings (SSSR count). The molecule has 1 amide bonds. The molecule has 2 aromatic carbocycles. The van der Waals surface area contributed by atoms with Gasteiger partial charge < -0.3 is 5.73 Å². The van der Waals surface area contributed by atoms with Crippen molar-refractivity contribution in [2.24, 2.45) is 5.73 Å². The largest absolute Gasteiger partial charge is 0.369 e. The van der Waals surface area contributed by atoms with Crippen LogP contribution in [0.2, 0.25) is 0 Å². The lowest BCUT2D eigenvalue weighted by atomic mass is 10.1. The minimum atomic E-state index is -0.496. The number of para-hydroxylation sites is 1. The number of amides is 1. The molecule has 0 aliphatic heterocycles. The van der Waals surface area contributed by atoms with Crippen LogP contribution < -0.4 is 11.3 Å². The van der Waals surface area contributed by atoms with Crippen LogP contribution in [0.5, 0.6) is 0 Å². The van der Waals surface area contributed by atoms with Crippen molar-refractivity contribution in [2.75, 3.05) is 0 Å². The highest BCUT2D eigenvalue weighted by molar-refractivity contribution is 8.00. The predicted molar refractivity (Wildman–Crippen MR) is 101 cm³/mol. The minimum Gasteiger partial charge on any atom is -0.369 e. The summed E-state index contributed by atoms with van der Waals surface area (Å²) in [6.07, 6.45) is 0. The molecule has 6 heteroatoms. The van der Waals surface area contributed by atoms with Gasteiger partial charge in [-0.05, 0) is 50.1 Å². The molecule has 0 bridgehead atoms. The van der Waals surface area contributed by atoms with E-state index in [4.69, 9.17) is 5.73 Å². The number of aryl methyl sites for hydroxylation is 2. The van der Waals surface area contributed by atoms with Crippen LogP contribution in [-0.2, 0) is 4.79 Å². The fourth-order valence-corrected chi connectivity index (χ4v) is 3.45. The summed E-state index contributed by atoms with van der Waals surface area (Å²) in [6, 6.07) is 13.1. The van der Waals surface area contributed by atoms with Crippen molar-refractivity contribution < 1.29 is 4.79 Å². The van der Waals surface area contributed by atoms with E-state index in [-0.39, 0.29) is 5.56 Å². The Balaban J connectivity index is 2.34. The molecule has 0 radical (unpaired) electrons. The molecule has 0 spiro atoms. The third-order valence-electron chi connectivity index (χ3n) is 4.03. The monoisotopic (exact) mass is 353 g/mol. The Morgan fingerprint density at radius 3 is 2.64 bits per heavy atom. The molecule has 128 valence electrons. The Kier molecular flexibility index (Phi) is 4.63. The number of aromatic nitrogens is 2. The molecule has 0 saturated heterocycles. The number of nitrogens with two attached hydrogens (primary N) is 1. The van der Waals surface area contributed by atoms with E-state index in [1.807, 2.05) is 44.2 Å². The summed E-state index contributed by atoms with van der Waals surface area (Å²) >= 11 is 1.19. The summed E-state index contributed by atoms with van der Waals surface area (Å²) in [5.41, 5.74) is 8.62. The molecule has 1 atom stereocenters. The zero-order valence-electron chi connectivity index (χ0n) is 14.3. The second-order valence-electron chi connectivity index (χ2n) is 6.00. The van der Waals surface area contributed by atoms with Crippen LogP contribution in [0.25, 0.3) is 16.6 Å². The Morgan fingerprint density at radius 1 is 1.20 bits per heavy atom. The summed E-state index contributed by atoms with van der Waals surface area (Å²) in [7, 11) is 0. The standard InChI is InChI=1S/C19H19N3O2S/c1-11-8-9-12(2)16(10-11)22-18(24)14-6-4-5-7-15(14)21-19(22)25-13(3)17(20)23/h4-10,13H,1-3H3,(H2,20,23)/t13-/m1/s1. The van der Waals surface area contributed by atoms with E-state index in [0.717, 1.165) is 16.8 Å². The van der Waals surface area contributed by atoms with Gasteiger partial charge in [0.1, 0.15) is 0 Å². The van der Waals surface area contributed by atoms with E-state index in [1.54, 1.807) is 23.6 Å². The van der Waals surface area contributed by atoms with Crippen LogP contribution in [0, 0.1) is 13.8 Å². The summed E-state index contributed by atoms with van der Waals surface area (Å²) in [6.45, 7) is 5.63. The number of rotatable bonds is 4. The van der Waals surface area contributed by atoms with Crippen molar-refractivity contribution in [2.45, 2.75) is 31.2 Å². The lowest BCUT2D eigenvalue weighted by Gasteiger charge is -2.17. The molecule has 25 heavy (non-hydrogen) atoms. The maximum Gasteiger partial charge on any atom is 0.266 e. The molecule has 3 aromatic rings. The van der Waals surface area contributed by atoms with Gasteiger partial charge in [0.05, 0.1) is 21.8 Å². The molecule has 2 N–H and O–H groups in total. The van der Waals surface area contributed by atoms with Gasteiger partial charge in [0.2, 0.25) is 5.91 Å². The second-order valence-corrected chi connectivity index (χ2v) is 7.31. The Hall–Kier alpha value is -2.60. The Morgan fingerprint density at radius 2 is 1.92 bits per heavy atom. The fraction of sp³-hybridized carbons (Fsp3) is 0.211. The van der Waals surface area contributed by atoms with Crippen molar-refractivity contribution in [1.82, 2.24) is 9.55 Å². The number of carbonyl (C=O) groups excluding carboxylic acids is 1. The number of hydrogen-bond donors (Lipinski definition) is 1. The quantitative estimate of drug-likeness (QED) is 0.578. The minimum absolute atomic E-state index is 0.154. The molecule has 0 aliphatic carbocycles. The number of primary amides is 1. The van der Waals surface area contributed by atoms with Crippen LogP contribution in [0.1, 0.15) is 18.1 Å². The van der Waals surface area contributed by atoms with Gasteiger partial charge in [-0.1, -0.05) is 36.0 Å². The van der Waals surface area contributed by atoms with E-state index in [1.165, 1.54) is 11.8 Å². The molecule has 0 unspecified atom stereocenters. The SMILES string of the molecule is Cc1ccc(C)c(-n2c(S[C@H](C)C(N)=O)nc3ccccc3c2=O)c1. The molecule has 1 heterocycles. The van der Waals surface area contributed by atoms with E-state index >= 15 is 0 Å². The average molecular weight is 353 g/mol. The van der Waals surface area contributed by atoms with Gasteiger partial charge in [0, 0.05) is 0 Å². The molecular weight excluding hydrogens is 334 g/mol. The maximum absolute atomic E-state index is 13.2. The van der Waals surface area contributed by atoms with Gasteiger partial charge in [0.15, 0.2) is 5.16 Å². The van der Waals surface area contributed by atoms with Gasteiger partial charge in [-0.25, -0.2) is 4.98 Å². The van der Waals surface area contributed by atoms with E-state index in [9.17, 15) is 9.59 Å². The third kappa shape index (κ3) is 3.30. The number of thioether (sulfide) groups is 1. The normalized spacial score (nSPS) is 12.3. The Bertz CT molecular complexity index is 1030. The molecule has 0 fully saturated rings. The van der Waals surface area contributed by atoms with Gasteiger partial charge in [0.25, 0.3) is 5.56 Å². The first-order chi connectivity index (χ1) is 11.9. The van der Waals surface area contributed by atoms with Crippen molar-refractivity contribution in [3.63, 3.8) is 0 Å². The first-order valence-electron chi connectivity index (χ1n) is 7.94. The van der Waals surface area contributed by atoms with Crippen molar-refractivity contribution >= 4 is 28.6 Å². The lowest BCUT2D eigenvalue weighted by molar-refractivity contribution is -0.117. The van der Waals surface area contributed by atoms with Crippen LogP contribution in [0.3, 0.4) is 0 Å². The van der Waals surface area contributed by atoms with Crippen molar-refractivity contribution in [1.29, 1.82) is 0 Å². The number of fused-ring (bicyclic) bond motifs is 1. The van der Waals surface area contributed by atoms with Gasteiger partial charge >= 0.3 is 0 Å². The van der Waals surface area contributed by atoms with Crippen LogP contribution in [0.15, 0.2) is 52.4 Å². The summed E-state index contributed by atoms with van der Waals surface area (Å²) in [5.74, 6) is -0.445. The fourth-order valence-electron chi connectivity index (χ4n) is 2.58. The average Bonchev–Trinajstić information content (AvgIpc) is 2.58. The number of carbonyl (C=O) groups is 1. The first-order valence-corrected chi connectivity index (χ1v) is 8.82. The summed E-state index contributed by atoms with van der Waals surface area (Å²) in [5, 5.41) is 0.507. The highest BCUT2D eigenvalue weighted by Gasteiger charge is 2.19. The van der Waals surface area contributed by atoms with Crippen LogP contribution in [-0.4, -0.2) is 20.7 Å². The van der Waals surface area contributed by atoms with Crippen molar-refractivity contribution in [3.8, 4) is 5.69 Å². The summed E-state index contributed by atoms with van der Waals surface area (Å²) < 4.78 is 1.58. The molecular formula is C19H19N3O2S. The van der Waals surface area contributed by atoms with E-state index in [2.05, 4.69) is 4.98 Å². The first kappa shape index (κ1) is 17.2. The van der Waals surface area contributed by atoms with Crippen LogP contribution in [0.4, 0.5) is 0 Å². The predicted octanol–water partition coefficient (Wildman–Crippen LogP) is 2.97. The highest BCUT2D eigenvalue weighted by atomic mass is 32.2. The maximum atomic E-state index is 13.2. The summed E-state index contributed by atoms with van der Waals surface area (Å²) in [4.78, 5) is 29.3. The molecule has 5 nitrogen and oxygen atoms in total. The Labute approximate surface area is 149 Å². The number of nitrogens with zero attached hydrogens (tertiary/aromatic N) is 2. The van der Waals surface area contributed by atoms with Gasteiger partial charge in [-0.15, -0.1) is 0 Å². The lowest BCUT2D eigenvalue weighted by Crippen LogP contribution is -2.26. The second kappa shape index (κ2) is 6.72. The van der Waals surface area contributed by atoms with Gasteiger partial charge in [-0.3, -0.25) is 14.2 Å². The zero-order chi connectivity index (χ0) is 18.1. The smallest absolute Gasteiger partial charge is 0.266 e. The molecule has 1 aromatic heterocycles. The molecule has 0 aliphatic rings. The van der Waals surface area contributed by atoms with Crippen molar-refractivity contribution in [3.05, 3.63) is 63.9 Å². The number of benzene rings is 2. The highest BCUT2D eigenvalue weighted by Crippen LogP contribution is 2.26. The van der Waals surface area contributed by atoms with E-state index < -0.39 is 11.2 Å². The molecule has 0 saturated carbocycles.